The Morgan fingerprint density at radius 1 is 1.18 bits per heavy atom. The molecule has 6 nitrogen and oxygen atoms in total. The normalized spacial score (nSPS) is 12.0. The molecule has 100 valence electrons. The Labute approximate surface area is 102 Å². The number of rotatable bonds is 7. The Morgan fingerprint density at radius 2 is 1.71 bits per heavy atom. The number of hydrogen-bond donors (Lipinski definition) is 2. The lowest BCUT2D eigenvalue weighted by Gasteiger charge is -2.25. The third-order valence-corrected chi connectivity index (χ3v) is 2.42. The smallest absolute Gasteiger partial charge is 0.319 e. The Balaban J connectivity index is 3.90. The maximum Gasteiger partial charge on any atom is 0.319 e. The van der Waals surface area contributed by atoms with Gasteiger partial charge in [-0.2, -0.15) is 0 Å². The highest BCUT2D eigenvalue weighted by Crippen LogP contribution is 2.00. The molecule has 2 amide bonds. The van der Waals surface area contributed by atoms with Crippen LogP contribution in [0.1, 0.15) is 26.2 Å². The highest BCUT2D eigenvalue weighted by molar-refractivity contribution is 5.73. The van der Waals surface area contributed by atoms with Crippen LogP contribution in [0.2, 0.25) is 0 Å². The van der Waals surface area contributed by atoms with Crippen molar-refractivity contribution in [1.82, 2.24) is 9.80 Å². The van der Waals surface area contributed by atoms with E-state index in [1.54, 1.807) is 21.0 Å². The minimum absolute atomic E-state index is 0.0645. The van der Waals surface area contributed by atoms with Gasteiger partial charge in [0.15, 0.2) is 0 Å². The molecule has 0 aromatic heterocycles. The van der Waals surface area contributed by atoms with Crippen molar-refractivity contribution in [1.29, 1.82) is 0 Å². The van der Waals surface area contributed by atoms with E-state index >= 15 is 0 Å². The van der Waals surface area contributed by atoms with Crippen LogP contribution in [-0.2, 0) is 4.79 Å². The summed E-state index contributed by atoms with van der Waals surface area (Å²) < 4.78 is 0. The van der Waals surface area contributed by atoms with Gasteiger partial charge in [-0.05, 0) is 19.8 Å². The summed E-state index contributed by atoms with van der Waals surface area (Å²) >= 11 is 0. The molecule has 0 aromatic rings. The Morgan fingerprint density at radius 3 is 2.18 bits per heavy atom. The fourth-order valence-electron chi connectivity index (χ4n) is 1.33. The van der Waals surface area contributed by atoms with Crippen LogP contribution in [0.3, 0.4) is 0 Å². The largest absolute Gasteiger partial charge is 0.481 e. The monoisotopic (exact) mass is 246 g/mol. The van der Waals surface area contributed by atoms with Crippen LogP contribution in [0, 0.1) is 0 Å². The van der Waals surface area contributed by atoms with Gasteiger partial charge < -0.3 is 20.0 Å². The number of aliphatic hydroxyl groups is 1. The predicted octanol–water partition coefficient (Wildman–Crippen LogP) is 0.606. The number of carbonyl (C=O) groups is 2. The van der Waals surface area contributed by atoms with Crippen LogP contribution < -0.4 is 0 Å². The van der Waals surface area contributed by atoms with Crippen molar-refractivity contribution in [3.8, 4) is 0 Å². The maximum atomic E-state index is 11.8. The Bertz CT molecular complexity index is 256. The van der Waals surface area contributed by atoms with E-state index in [2.05, 4.69) is 0 Å². The second kappa shape index (κ2) is 7.89. The fourth-order valence-corrected chi connectivity index (χ4v) is 1.33. The second-order valence-corrected chi connectivity index (χ2v) is 4.26. The SMILES string of the molecule is CC(O)CCN(C)C(=O)N(C)CCCC(=O)O. The summed E-state index contributed by atoms with van der Waals surface area (Å²) in [5.74, 6) is -0.853. The zero-order valence-electron chi connectivity index (χ0n) is 10.7. The number of urea groups is 1. The number of aliphatic hydroxyl groups excluding tert-OH is 1. The molecule has 1 unspecified atom stereocenters. The highest BCUT2D eigenvalue weighted by atomic mass is 16.4. The molecule has 0 heterocycles. The Kier molecular flexibility index (Phi) is 7.29. The molecule has 0 saturated heterocycles. The third kappa shape index (κ3) is 7.57. The maximum absolute atomic E-state index is 11.8. The number of carboxylic acids is 1. The van der Waals surface area contributed by atoms with Crippen molar-refractivity contribution < 1.29 is 19.8 Å². The van der Waals surface area contributed by atoms with Gasteiger partial charge in [0.25, 0.3) is 0 Å². The summed E-state index contributed by atoms with van der Waals surface area (Å²) in [6, 6.07) is -0.156. The van der Waals surface area contributed by atoms with Crippen LogP contribution in [0.5, 0.6) is 0 Å². The van der Waals surface area contributed by atoms with Crippen molar-refractivity contribution in [2.75, 3.05) is 27.2 Å². The number of hydrogen-bond acceptors (Lipinski definition) is 3. The van der Waals surface area contributed by atoms with Crippen molar-refractivity contribution in [2.45, 2.75) is 32.3 Å². The minimum atomic E-state index is -0.853. The third-order valence-electron chi connectivity index (χ3n) is 2.42. The summed E-state index contributed by atoms with van der Waals surface area (Å²) in [6.07, 6.45) is 0.616. The number of nitrogens with zero attached hydrogens (tertiary/aromatic N) is 2. The van der Waals surface area contributed by atoms with Crippen LogP contribution in [-0.4, -0.2) is 65.3 Å². The summed E-state index contributed by atoms with van der Waals surface area (Å²) in [5.41, 5.74) is 0. The van der Waals surface area contributed by atoms with E-state index in [0.29, 0.717) is 25.9 Å². The van der Waals surface area contributed by atoms with Gasteiger partial charge in [0, 0.05) is 33.6 Å². The molecule has 0 aliphatic rings. The molecule has 0 aromatic carbocycles. The fraction of sp³-hybridized carbons (Fsp3) is 0.818. The van der Waals surface area contributed by atoms with Crippen LogP contribution in [0.15, 0.2) is 0 Å². The lowest BCUT2D eigenvalue weighted by atomic mass is 10.3. The van der Waals surface area contributed by atoms with Crippen LogP contribution in [0.4, 0.5) is 4.79 Å². The lowest BCUT2D eigenvalue weighted by Crippen LogP contribution is -2.40. The van der Waals surface area contributed by atoms with Crippen molar-refractivity contribution in [2.24, 2.45) is 0 Å². The Hall–Kier alpha value is -1.30. The van der Waals surface area contributed by atoms with Gasteiger partial charge in [0.05, 0.1) is 6.10 Å². The molecule has 6 heteroatoms. The molecule has 0 aliphatic heterocycles. The molecule has 17 heavy (non-hydrogen) atoms. The molecule has 0 fully saturated rings. The quantitative estimate of drug-likeness (QED) is 0.689. The van der Waals surface area contributed by atoms with Crippen LogP contribution >= 0.6 is 0 Å². The first-order chi connectivity index (χ1) is 7.84. The first kappa shape index (κ1) is 15.7. The van der Waals surface area contributed by atoms with Gasteiger partial charge in [0.1, 0.15) is 0 Å². The van der Waals surface area contributed by atoms with E-state index in [1.807, 2.05) is 0 Å². The zero-order valence-corrected chi connectivity index (χ0v) is 10.7. The molecule has 0 bridgehead atoms. The molecular formula is C11H22N2O4. The molecule has 1 atom stereocenters. The van der Waals surface area contributed by atoms with E-state index in [-0.39, 0.29) is 12.5 Å². The summed E-state index contributed by atoms with van der Waals surface area (Å²) in [5, 5.41) is 17.6. The van der Waals surface area contributed by atoms with Crippen molar-refractivity contribution in [3.05, 3.63) is 0 Å². The molecule has 2 N–H and O–H groups in total. The number of amides is 2. The van der Waals surface area contributed by atoms with Gasteiger partial charge >= 0.3 is 12.0 Å². The first-order valence-electron chi connectivity index (χ1n) is 5.70. The summed E-state index contributed by atoms with van der Waals surface area (Å²) in [7, 11) is 3.31. The van der Waals surface area contributed by atoms with E-state index in [4.69, 9.17) is 10.2 Å². The second-order valence-electron chi connectivity index (χ2n) is 4.26. The molecule has 0 radical (unpaired) electrons. The zero-order chi connectivity index (χ0) is 13.4. The number of aliphatic carboxylic acids is 1. The van der Waals surface area contributed by atoms with Crippen LogP contribution in [0.25, 0.3) is 0 Å². The van der Waals surface area contributed by atoms with E-state index in [1.165, 1.54) is 9.80 Å². The number of carboxylic acid groups (broad SMARTS) is 1. The minimum Gasteiger partial charge on any atom is -0.481 e. The summed E-state index contributed by atoms with van der Waals surface area (Å²) in [6.45, 7) is 2.58. The molecule has 0 spiro atoms. The van der Waals surface area contributed by atoms with E-state index < -0.39 is 12.1 Å². The van der Waals surface area contributed by atoms with E-state index in [9.17, 15) is 9.59 Å². The van der Waals surface area contributed by atoms with Gasteiger partial charge in [-0.15, -0.1) is 0 Å². The first-order valence-corrected chi connectivity index (χ1v) is 5.70. The standard InChI is InChI=1S/C11H22N2O4/c1-9(14)6-8-13(3)11(17)12(2)7-4-5-10(15)16/h9,14H,4-8H2,1-3H3,(H,15,16). The highest BCUT2D eigenvalue weighted by Gasteiger charge is 2.14. The topological polar surface area (TPSA) is 81.1 Å². The molecule has 0 saturated carbocycles. The lowest BCUT2D eigenvalue weighted by molar-refractivity contribution is -0.137. The number of carbonyl (C=O) groups excluding carboxylic acids is 1. The van der Waals surface area contributed by atoms with Gasteiger partial charge in [-0.1, -0.05) is 0 Å². The average molecular weight is 246 g/mol. The molecule has 0 rings (SSSR count). The van der Waals surface area contributed by atoms with Crippen molar-refractivity contribution in [3.63, 3.8) is 0 Å². The van der Waals surface area contributed by atoms with Gasteiger partial charge in [0.2, 0.25) is 0 Å². The van der Waals surface area contributed by atoms with Gasteiger partial charge in [-0.25, -0.2) is 4.79 Å². The van der Waals surface area contributed by atoms with E-state index in [0.717, 1.165) is 0 Å². The van der Waals surface area contributed by atoms with Gasteiger partial charge in [-0.3, -0.25) is 4.79 Å². The molecule has 0 aliphatic carbocycles. The average Bonchev–Trinajstić information content (AvgIpc) is 2.24. The van der Waals surface area contributed by atoms with Crippen molar-refractivity contribution >= 4 is 12.0 Å². The predicted molar refractivity (Wildman–Crippen MR) is 63.8 cm³/mol. The molecular weight excluding hydrogens is 224 g/mol. The summed E-state index contributed by atoms with van der Waals surface area (Å²) in [4.78, 5) is 25.1.